The molecule has 0 aromatic heterocycles. The number of hydrogen-bond acceptors (Lipinski definition) is 4. The van der Waals surface area contributed by atoms with Crippen molar-refractivity contribution in [2.45, 2.75) is 13.1 Å². The monoisotopic (exact) mass is 236 g/mol. The summed E-state index contributed by atoms with van der Waals surface area (Å²) in [4.78, 5) is 24.1. The van der Waals surface area contributed by atoms with E-state index in [1.807, 2.05) is 24.3 Å². The van der Waals surface area contributed by atoms with Gasteiger partial charge in [0.2, 0.25) is 5.91 Å². The molecule has 0 aliphatic carbocycles. The van der Waals surface area contributed by atoms with Gasteiger partial charge in [0.25, 0.3) is 5.24 Å². The molecule has 1 fully saturated rings. The van der Waals surface area contributed by atoms with Gasteiger partial charge in [0.1, 0.15) is 0 Å². The van der Waals surface area contributed by atoms with Crippen LogP contribution in [0, 0.1) is 0 Å². The largest absolute Gasteiger partial charge is 0.326 e. The Hall–Kier alpha value is -1.33. The van der Waals surface area contributed by atoms with Crippen molar-refractivity contribution in [2.75, 3.05) is 5.75 Å². The van der Waals surface area contributed by atoms with Crippen molar-refractivity contribution < 1.29 is 9.59 Å². The molecule has 5 heteroatoms. The summed E-state index contributed by atoms with van der Waals surface area (Å²) in [6.45, 7) is 0.809. The molecule has 1 aromatic rings. The summed E-state index contributed by atoms with van der Waals surface area (Å²) in [5, 5.41) is -0.164. The molecule has 1 aromatic carbocycles. The zero-order valence-electron chi connectivity index (χ0n) is 8.68. The van der Waals surface area contributed by atoms with Crippen LogP contribution >= 0.6 is 11.8 Å². The molecule has 1 heterocycles. The molecule has 1 aliphatic rings. The van der Waals surface area contributed by atoms with Crippen molar-refractivity contribution in [1.29, 1.82) is 0 Å². The van der Waals surface area contributed by atoms with E-state index in [4.69, 9.17) is 5.73 Å². The van der Waals surface area contributed by atoms with Gasteiger partial charge < -0.3 is 5.73 Å². The highest BCUT2D eigenvalue weighted by Crippen LogP contribution is 2.21. The topological polar surface area (TPSA) is 63.4 Å². The van der Waals surface area contributed by atoms with Gasteiger partial charge >= 0.3 is 0 Å². The maximum absolute atomic E-state index is 11.4. The molecule has 0 spiro atoms. The minimum atomic E-state index is -0.164. The number of thioether (sulfide) groups is 1. The Labute approximate surface area is 97.8 Å². The number of imide groups is 1. The van der Waals surface area contributed by atoms with E-state index in [2.05, 4.69) is 0 Å². The molecule has 0 unspecified atom stereocenters. The number of nitrogens with zero attached hydrogens (tertiary/aromatic N) is 1. The molecule has 1 saturated heterocycles. The van der Waals surface area contributed by atoms with Gasteiger partial charge in [-0.25, -0.2) is 0 Å². The second kappa shape index (κ2) is 4.67. The molecule has 2 amide bonds. The van der Waals surface area contributed by atoms with Gasteiger partial charge in [0.15, 0.2) is 0 Å². The Bertz CT molecular complexity index is 418. The van der Waals surface area contributed by atoms with E-state index in [1.54, 1.807) is 0 Å². The molecule has 16 heavy (non-hydrogen) atoms. The Morgan fingerprint density at radius 2 is 2.06 bits per heavy atom. The predicted molar refractivity (Wildman–Crippen MR) is 62.7 cm³/mol. The minimum absolute atomic E-state index is 0.117. The highest BCUT2D eigenvalue weighted by Gasteiger charge is 2.29. The van der Waals surface area contributed by atoms with Crippen LogP contribution in [0.3, 0.4) is 0 Å². The smallest absolute Gasteiger partial charge is 0.289 e. The predicted octanol–water partition coefficient (Wildman–Crippen LogP) is 1.34. The van der Waals surface area contributed by atoms with Gasteiger partial charge in [-0.2, -0.15) is 0 Å². The van der Waals surface area contributed by atoms with Crippen molar-refractivity contribution in [2.24, 2.45) is 5.73 Å². The number of nitrogens with two attached hydrogens (primary N) is 1. The molecule has 4 nitrogen and oxygen atoms in total. The van der Waals surface area contributed by atoms with Gasteiger partial charge in [-0.1, -0.05) is 36.0 Å². The van der Waals surface area contributed by atoms with Crippen LogP contribution in [0.4, 0.5) is 4.79 Å². The molecule has 2 N–H and O–H groups in total. The fraction of sp³-hybridized carbons (Fsp3) is 0.273. The Balaban J connectivity index is 2.14. The highest BCUT2D eigenvalue weighted by molar-refractivity contribution is 8.14. The van der Waals surface area contributed by atoms with E-state index in [-0.39, 0.29) is 16.9 Å². The van der Waals surface area contributed by atoms with E-state index in [1.165, 1.54) is 4.90 Å². The molecular weight excluding hydrogens is 224 g/mol. The maximum atomic E-state index is 11.4. The summed E-state index contributed by atoms with van der Waals surface area (Å²) >= 11 is 1.06. The lowest BCUT2D eigenvalue weighted by molar-refractivity contribution is -0.125. The van der Waals surface area contributed by atoms with Crippen molar-refractivity contribution in [3.8, 4) is 0 Å². The lowest BCUT2D eigenvalue weighted by Gasteiger charge is -2.13. The van der Waals surface area contributed by atoms with Crippen molar-refractivity contribution in [3.63, 3.8) is 0 Å². The first kappa shape index (κ1) is 11.2. The van der Waals surface area contributed by atoms with Crippen molar-refractivity contribution >= 4 is 22.9 Å². The summed E-state index contributed by atoms with van der Waals surface area (Å²) in [6, 6.07) is 7.62. The third-order valence-corrected chi connectivity index (χ3v) is 3.27. The summed E-state index contributed by atoms with van der Waals surface area (Å²) in [5.41, 5.74) is 7.47. The Kier molecular flexibility index (Phi) is 3.26. The summed E-state index contributed by atoms with van der Waals surface area (Å²) in [7, 11) is 0. The van der Waals surface area contributed by atoms with Gasteiger partial charge in [0.05, 0.1) is 12.3 Å². The molecule has 2 rings (SSSR count). The van der Waals surface area contributed by atoms with Crippen molar-refractivity contribution in [1.82, 2.24) is 4.90 Å². The summed E-state index contributed by atoms with van der Waals surface area (Å²) in [5.74, 6) is 0.142. The number of hydrogen-bond donors (Lipinski definition) is 1. The first-order valence-corrected chi connectivity index (χ1v) is 5.94. The van der Waals surface area contributed by atoms with Gasteiger partial charge in [-0.15, -0.1) is 0 Å². The van der Waals surface area contributed by atoms with Gasteiger partial charge in [-0.05, 0) is 11.1 Å². The van der Waals surface area contributed by atoms with Crippen LogP contribution in [0.1, 0.15) is 11.1 Å². The van der Waals surface area contributed by atoms with E-state index in [0.29, 0.717) is 13.1 Å². The normalized spacial score (nSPS) is 15.9. The van der Waals surface area contributed by atoms with Crippen LogP contribution in [-0.2, 0) is 17.9 Å². The highest BCUT2D eigenvalue weighted by atomic mass is 32.2. The Morgan fingerprint density at radius 1 is 1.31 bits per heavy atom. The first-order valence-electron chi connectivity index (χ1n) is 4.95. The standard InChI is InChI=1S/C11H12N2O2S/c12-5-8-2-1-3-9(4-8)6-13-10(14)7-16-11(13)15/h1-4H,5-7,12H2. The Morgan fingerprint density at radius 3 is 2.69 bits per heavy atom. The second-order valence-electron chi connectivity index (χ2n) is 3.56. The lowest BCUT2D eigenvalue weighted by atomic mass is 10.1. The van der Waals surface area contributed by atoms with E-state index in [0.717, 1.165) is 22.9 Å². The van der Waals surface area contributed by atoms with E-state index in [9.17, 15) is 9.59 Å². The molecule has 0 bridgehead atoms. The van der Waals surface area contributed by atoms with Gasteiger partial charge in [0, 0.05) is 6.54 Å². The number of rotatable bonds is 3. The fourth-order valence-corrected chi connectivity index (χ4v) is 2.30. The quantitative estimate of drug-likeness (QED) is 0.860. The third-order valence-electron chi connectivity index (χ3n) is 2.41. The van der Waals surface area contributed by atoms with Crippen LogP contribution in [0.15, 0.2) is 24.3 Å². The molecule has 0 radical (unpaired) electrons. The molecule has 84 valence electrons. The van der Waals surface area contributed by atoms with Crippen LogP contribution in [0.5, 0.6) is 0 Å². The van der Waals surface area contributed by atoms with Gasteiger partial charge in [-0.3, -0.25) is 14.5 Å². The zero-order valence-corrected chi connectivity index (χ0v) is 9.50. The lowest BCUT2D eigenvalue weighted by Crippen LogP contribution is -2.27. The summed E-state index contributed by atoms with van der Waals surface area (Å²) in [6.07, 6.45) is 0. The van der Waals surface area contributed by atoms with Crippen molar-refractivity contribution in [3.05, 3.63) is 35.4 Å². The molecule has 1 aliphatic heterocycles. The minimum Gasteiger partial charge on any atom is -0.326 e. The molecule has 0 saturated carbocycles. The number of benzene rings is 1. The van der Waals surface area contributed by atoms with Crippen LogP contribution in [0.25, 0.3) is 0 Å². The van der Waals surface area contributed by atoms with Crippen LogP contribution < -0.4 is 5.73 Å². The zero-order chi connectivity index (χ0) is 11.5. The average Bonchev–Trinajstić information content (AvgIpc) is 2.61. The number of carbonyl (C=O) groups excluding carboxylic acids is 2. The fourth-order valence-electron chi connectivity index (χ4n) is 1.57. The summed E-state index contributed by atoms with van der Waals surface area (Å²) < 4.78 is 0. The van der Waals surface area contributed by atoms with Crippen LogP contribution in [0.2, 0.25) is 0 Å². The third kappa shape index (κ3) is 2.25. The average molecular weight is 236 g/mol. The number of carbonyl (C=O) groups is 2. The first-order chi connectivity index (χ1) is 7.70. The van der Waals surface area contributed by atoms with E-state index >= 15 is 0 Å². The van der Waals surface area contributed by atoms with E-state index < -0.39 is 0 Å². The maximum Gasteiger partial charge on any atom is 0.289 e. The second-order valence-corrected chi connectivity index (χ2v) is 4.49. The molecule has 0 atom stereocenters. The van der Waals surface area contributed by atoms with Crippen LogP contribution in [-0.4, -0.2) is 21.8 Å². The SMILES string of the molecule is NCc1cccc(CN2C(=O)CSC2=O)c1. The molecular formula is C11H12N2O2S. The number of amides is 2.